The number of nitrogens with zero attached hydrogens (tertiary/aromatic N) is 2. The van der Waals surface area contributed by atoms with Gasteiger partial charge in [0, 0.05) is 13.1 Å². The molecule has 0 rings (SSSR count). The Kier molecular flexibility index (Phi) is 5.64. The molecular weight excluding hydrogens is 208 g/mol. The minimum Gasteiger partial charge on any atom is -0.395 e. The van der Waals surface area contributed by atoms with Crippen LogP contribution in [0.1, 0.15) is 6.92 Å². The van der Waals surface area contributed by atoms with E-state index in [1.807, 2.05) is 0 Å². The molecule has 82 valence electrons. The summed E-state index contributed by atoms with van der Waals surface area (Å²) < 4.78 is 23.9. The van der Waals surface area contributed by atoms with E-state index in [9.17, 15) is 8.42 Å². The van der Waals surface area contributed by atoms with E-state index < -0.39 is 15.3 Å². The summed E-state index contributed by atoms with van der Waals surface area (Å²) in [5.74, 6) is 0. The SMILES string of the molecule is CC(C#N)S(=O)(=O)N(CCO)CCO. The smallest absolute Gasteiger partial charge is 0.230 e. The van der Waals surface area contributed by atoms with Crippen molar-refractivity contribution in [2.75, 3.05) is 26.3 Å². The van der Waals surface area contributed by atoms with Gasteiger partial charge in [-0.15, -0.1) is 0 Å². The summed E-state index contributed by atoms with van der Waals surface area (Å²) in [4.78, 5) is 0. The van der Waals surface area contributed by atoms with Crippen LogP contribution in [0.15, 0.2) is 0 Å². The van der Waals surface area contributed by atoms with Crippen molar-refractivity contribution in [3.05, 3.63) is 0 Å². The molecule has 0 saturated carbocycles. The molecule has 0 aromatic carbocycles. The molecule has 0 radical (unpaired) electrons. The molecule has 0 aromatic rings. The largest absolute Gasteiger partial charge is 0.395 e. The number of nitriles is 1. The van der Waals surface area contributed by atoms with Crippen LogP contribution in [0.2, 0.25) is 0 Å². The lowest BCUT2D eigenvalue weighted by molar-refractivity contribution is 0.217. The highest BCUT2D eigenvalue weighted by molar-refractivity contribution is 7.89. The quantitative estimate of drug-likeness (QED) is 0.570. The number of hydrogen-bond acceptors (Lipinski definition) is 5. The lowest BCUT2D eigenvalue weighted by Gasteiger charge is -2.21. The van der Waals surface area contributed by atoms with Crippen molar-refractivity contribution in [3.8, 4) is 6.07 Å². The van der Waals surface area contributed by atoms with E-state index in [1.165, 1.54) is 6.92 Å². The van der Waals surface area contributed by atoms with E-state index in [0.29, 0.717) is 0 Å². The van der Waals surface area contributed by atoms with Gasteiger partial charge in [0.1, 0.15) is 0 Å². The third-order valence-corrected chi connectivity index (χ3v) is 3.77. The Morgan fingerprint density at radius 3 is 2.07 bits per heavy atom. The van der Waals surface area contributed by atoms with Crippen LogP contribution in [0, 0.1) is 11.3 Å². The average Bonchev–Trinajstić information content (AvgIpc) is 2.16. The Bertz CT molecular complexity index is 289. The molecule has 14 heavy (non-hydrogen) atoms. The van der Waals surface area contributed by atoms with Gasteiger partial charge in [-0.1, -0.05) is 0 Å². The number of hydrogen-bond donors (Lipinski definition) is 2. The van der Waals surface area contributed by atoms with E-state index in [4.69, 9.17) is 15.5 Å². The van der Waals surface area contributed by atoms with Crippen LogP contribution in [-0.2, 0) is 10.0 Å². The fourth-order valence-electron chi connectivity index (χ4n) is 0.880. The Hall–Kier alpha value is -0.680. The fraction of sp³-hybridized carbons (Fsp3) is 0.857. The molecule has 0 aliphatic rings. The van der Waals surface area contributed by atoms with Crippen LogP contribution in [0.5, 0.6) is 0 Å². The molecular formula is C7H14N2O4S. The number of rotatable bonds is 6. The first-order chi connectivity index (χ1) is 6.50. The zero-order valence-corrected chi connectivity index (χ0v) is 8.74. The first kappa shape index (κ1) is 13.3. The van der Waals surface area contributed by atoms with Crippen molar-refractivity contribution in [2.24, 2.45) is 0 Å². The molecule has 0 spiro atoms. The molecule has 0 heterocycles. The second kappa shape index (κ2) is 5.93. The van der Waals surface area contributed by atoms with Crippen molar-refractivity contribution < 1.29 is 18.6 Å². The Morgan fingerprint density at radius 2 is 1.79 bits per heavy atom. The third-order valence-electron chi connectivity index (χ3n) is 1.69. The molecule has 0 aliphatic carbocycles. The Balaban J connectivity index is 4.73. The van der Waals surface area contributed by atoms with Crippen LogP contribution in [0.4, 0.5) is 0 Å². The second-order valence-electron chi connectivity index (χ2n) is 2.66. The van der Waals surface area contributed by atoms with Crippen LogP contribution in [-0.4, -0.2) is 54.5 Å². The lowest BCUT2D eigenvalue weighted by Crippen LogP contribution is -2.40. The Labute approximate surface area is 83.4 Å². The predicted octanol–water partition coefficient (Wildman–Crippen LogP) is -1.49. The monoisotopic (exact) mass is 222 g/mol. The summed E-state index contributed by atoms with van der Waals surface area (Å²) in [5.41, 5.74) is 0. The van der Waals surface area contributed by atoms with Gasteiger partial charge in [0.15, 0.2) is 5.25 Å². The molecule has 1 atom stereocenters. The minimum absolute atomic E-state index is 0.102. The maximum absolute atomic E-state index is 11.5. The molecule has 0 aliphatic heterocycles. The molecule has 0 amide bonds. The van der Waals surface area contributed by atoms with Gasteiger partial charge < -0.3 is 10.2 Å². The highest BCUT2D eigenvalue weighted by Gasteiger charge is 2.27. The van der Waals surface area contributed by atoms with Gasteiger partial charge in [0.25, 0.3) is 0 Å². The fourth-order valence-corrected chi connectivity index (χ4v) is 2.13. The minimum atomic E-state index is -3.72. The van der Waals surface area contributed by atoms with E-state index in [0.717, 1.165) is 4.31 Å². The van der Waals surface area contributed by atoms with Crippen LogP contribution >= 0.6 is 0 Å². The van der Waals surface area contributed by atoms with Gasteiger partial charge in [-0.3, -0.25) is 0 Å². The summed E-state index contributed by atoms with van der Waals surface area (Å²) in [6, 6.07) is 1.61. The van der Waals surface area contributed by atoms with Crippen LogP contribution in [0.3, 0.4) is 0 Å². The van der Waals surface area contributed by atoms with Gasteiger partial charge in [-0.2, -0.15) is 9.57 Å². The van der Waals surface area contributed by atoms with Crippen LogP contribution < -0.4 is 0 Å². The molecule has 0 fully saturated rings. The summed E-state index contributed by atoms with van der Waals surface area (Å²) in [6.07, 6.45) is 0. The molecule has 6 nitrogen and oxygen atoms in total. The third kappa shape index (κ3) is 3.23. The molecule has 1 unspecified atom stereocenters. The Morgan fingerprint density at radius 1 is 1.36 bits per heavy atom. The second-order valence-corrected chi connectivity index (χ2v) is 4.92. The molecule has 7 heteroatoms. The first-order valence-corrected chi connectivity index (χ1v) is 5.61. The van der Waals surface area contributed by atoms with Gasteiger partial charge in [-0.05, 0) is 6.92 Å². The molecule has 0 aromatic heterocycles. The predicted molar refractivity (Wildman–Crippen MR) is 49.7 cm³/mol. The summed E-state index contributed by atoms with van der Waals surface area (Å²) in [7, 11) is -3.72. The van der Waals surface area contributed by atoms with E-state index in [-0.39, 0.29) is 26.3 Å². The molecule has 2 N–H and O–H groups in total. The number of aliphatic hydroxyl groups is 2. The topological polar surface area (TPSA) is 102 Å². The van der Waals surface area contributed by atoms with Crippen molar-refractivity contribution in [2.45, 2.75) is 12.2 Å². The van der Waals surface area contributed by atoms with Gasteiger partial charge in [0.2, 0.25) is 10.0 Å². The standard InChI is InChI=1S/C7H14N2O4S/c1-7(6-8)14(12,13)9(2-4-10)3-5-11/h7,10-11H,2-5H2,1H3. The first-order valence-electron chi connectivity index (χ1n) is 4.11. The maximum Gasteiger partial charge on any atom is 0.230 e. The summed E-state index contributed by atoms with van der Waals surface area (Å²) in [5, 5.41) is 24.5. The van der Waals surface area contributed by atoms with Crippen LogP contribution in [0.25, 0.3) is 0 Å². The highest BCUT2D eigenvalue weighted by atomic mass is 32.2. The van der Waals surface area contributed by atoms with Gasteiger partial charge >= 0.3 is 0 Å². The van der Waals surface area contributed by atoms with Gasteiger partial charge in [0.05, 0.1) is 19.3 Å². The van der Waals surface area contributed by atoms with E-state index in [2.05, 4.69) is 0 Å². The maximum atomic E-state index is 11.5. The highest BCUT2D eigenvalue weighted by Crippen LogP contribution is 2.07. The molecule has 0 saturated heterocycles. The van der Waals surface area contributed by atoms with Crippen molar-refractivity contribution in [1.29, 1.82) is 5.26 Å². The summed E-state index contributed by atoms with van der Waals surface area (Å²) in [6.45, 7) is 0.385. The van der Waals surface area contributed by atoms with Crippen molar-refractivity contribution in [3.63, 3.8) is 0 Å². The zero-order chi connectivity index (χ0) is 11.2. The normalized spacial score (nSPS) is 13.9. The van der Waals surface area contributed by atoms with E-state index in [1.54, 1.807) is 6.07 Å². The lowest BCUT2D eigenvalue weighted by atomic mass is 10.5. The average molecular weight is 222 g/mol. The van der Waals surface area contributed by atoms with Gasteiger partial charge in [-0.25, -0.2) is 8.42 Å². The van der Waals surface area contributed by atoms with E-state index >= 15 is 0 Å². The van der Waals surface area contributed by atoms with Crippen molar-refractivity contribution >= 4 is 10.0 Å². The van der Waals surface area contributed by atoms with Crippen molar-refractivity contribution in [1.82, 2.24) is 4.31 Å². The zero-order valence-electron chi connectivity index (χ0n) is 7.92. The number of aliphatic hydroxyl groups excluding tert-OH is 2. The molecule has 0 bridgehead atoms. The summed E-state index contributed by atoms with van der Waals surface area (Å²) >= 11 is 0. The number of sulfonamides is 1.